The highest BCUT2D eigenvalue weighted by Gasteiger charge is 2.39. The van der Waals surface area contributed by atoms with Crippen LogP contribution in [0.2, 0.25) is 6.04 Å². The molecule has 0 unspecified atom stereocenters. The van der Waals surface area contributed by atoms with Gasteiger partial charge in [0.2, 0.25) is 0 Å². The van der Waals surface area contributed by atoms with Gasteiger partial charge in [0.25, 0.3) is 0 Å². The minimum absolute atomic E-state index is 0.209. The summed E-state index contributed by atoms with van der Waals surface area (Å²) >= 11 is 7.18. The molecule has 0 aromatic rings. The SMILES string of the molecule is CO[Si](CCC(I)(I)I)(OC)OC. The van der Waals surface area contributed by atoms with Crippen molar-refractivity contribution >= 4 is 76.6 Å². The Bertz CT molecular complexity index is 138. The van der Waals surface area contributed by atoms with E-state index in [0.717, 1.165) is 12.5 Å². The fourth-order valence-corrected chi connectivity index (χ4v) is 4.98. The van der Waals surface area contributed by atoms with Crippen LogP contribution in [-0.4, -0.2) is 29.6 Å². The van der Waals surface area contributed by atoms with Crippen molar-refractivity contribution in [2.24, 2.45) is 0 Å². The summed E-state index contributed by atoms with van der Waals surface area (Å²) in [7, 11) is 2.60. The van der Waals surface area contributed by atoms with Crippen molar-refractivity contribution in [2.75, 3.05) is 21.3 Å². The molecule has 0 aromatic heterocycles. The second kappa shape index (κ2) is 6.78. The number of hydrogen-bond donors (Lipinski definition) is 0. The quantitative estimate of drug-likeness (QED) is 0.294. The van der Waals surface area contributed by atoms with Crippen LogP contribution in [0.25, 0.3) is 0 Å². The lowest BCUT2D eigenvalue weighted by Gasteiger charge is -2.26. The van der Waals surface area contributed by atoms with Crippen molar-refractivity contribution in [2.45, 2.75) is 11.9 Å². The van der Waals surface area contributed by atoms with Gasteiger partial charge in [-0.2, -0.15) is 0 Å². The molecule has 0 saturated carbocycles. The maximum atomic E-state index is 5.32. The first-order valence-corrected chi connectivity index (χ1v) is 8.78. The van der Waals surface area contributed by atoms with E-state index in [-0.39, 0.29) is -0.565 Å². The van der Waals surface area contributed by atoms with Gasteiger partial charge >= 0.3 is 8.80 Å². The maximum Gasteiger partial charge on any atom is 0.500 e. The molecule has 0 aliphatic rings. The maximum absolute atomic E-state index is 5.32. The van der Waals surface area contributed by atoms with Crippen LogP contribution in [0.5, 0.6) is 0 Å². The highest BCUT2D eigenvalue weighted by atomic mass is 127. The first-order chi connectivity index (χ1) is 5.89. The molecule has 0 bridgehead atoms. The van der Waals surface area contributed by atoms with Gasteiger partial charge in [-0.05, 0) is 6.42 Å². The Hall–Kier alpha value is 2.29. The van der Waals surface area contributed by atoms with Crippen LogP contribution >= 0.6 is 67.8 Å². The van der Waals surface area contributed by atoms with E-state index in [9.17, 15) is 0 Å². The Kier molecular flexibility index (Phi) is 7.97. The van der Waals surface area contributed by atoms with Gasteiger partial charge in [-0.25, -0.2) is 0 Å². The second-order valence-corrected chi connectivity index (χ2v) is 17.2. The molecule has 0 spiro atoms. The number of rotatable bonds is 6. The van der Waals surface area contributed by atoms with Gasteiger partial charge in [-0.3, -0.25) is 0 Å². The van der Waals surface area contributed by atoms with Crippen LogP contribution < -0.4 is 0 Å². The van der Waals surface area contributed by atoms with E-state index < -0.39 is 8.80 Å². The van der Waals surface area contributed by atoms with Crippen molar-refractivity contribution in [3.63, 3.8) is 0 Å². The van der Waals surface area contributed by atoms with Gasteiger partial charge in [0.1, 0.15) is -0.565 Å². The van der Waals surface area contributed by atoms with Crippen LogP contribution in [0.1, 0.15) is 6.42 Å². The summed E-state index contributed by atoms with van der Waals surface area (Å²) in [5, 5.41) is 0. The third-order valence-electron chi connectivity index (χ3n) is 1.65. The average Bonchev–Trinajstić information content (AvgIpc) is 2.06. The van der Waals surface area contributed by atoms with Gasteiger partial charge in [-0.15, -0.1) is 0 Å². The lowest BCUT2D eigenvalue weighted by Crippen LogP contribution is -2.43. The molecular weight excluding hydrogens is 529 g/mol. The van der Waals surface area contributed by atoms with Crippen LogP contribution in [0.4, 0.5) is 0 Å². The predicted molar refractivity (Wildman–Crippen MR) is 81.0 cm³/mol. The summed E-state index contributed by atoms with van der Waals surface area (Å²) in [6, 6.07) is 0.852. The topological polar surface area (TPSA) is 27.7 Å². The summed E-state index contributed by atoms with van der Waals surface area (Å²) < 4.78 is 16.2. The summed E-state index contributed by atoms with van der Waals surface area (Å²) in [4.78, 5) is 0. The normalized spacial score (nSPS) is 13.4. The van der Waals surface area contributed by atoms with Crippen LogP contribution in [0.3, 0.4) is 0 Å². The highest BCUT2D eigenvalue weighted by Crippen LogP contribution is 2.41. The molecule has 80 valence electrons. The van der Waals surface area contributed by atoms with Gasteiger partial charge < -0.3 is 13.3 Å². The number of alkyl halides is 3. The smallest absolute Gasteiger partial charge is 0.377 e. The van der Waals surface area contributed by atoms with E-state index >= 15 is 0 Å². The molecule has 0 heterocycles. The third-order valence-corrected chi connectivity index (χ3v) is 5.99. The number of hydrogen-bond acceptors (Lipinski definition) is 3. The zero-order valence-electron chi connectivity index (χ0n) is 7.77. The van der Waals surface area contributed by atoms with Gasteiger partial charge in [0.15, 0.2) is 0 Å². The van der Waals surface area contributed by atoms with Crippen LogP contribution in [-0.2, 0) is 13.3 Å². The van der Waals surface area contributed by atoms with E-state index in [1.165, 1.54) is 0 Å². The molecule has 0 rings (SSSR count). The summed E-state index contributed by atoms with van der Waals surface area (Å²) in [5.74, 6) is 0. The zero-order valence-corrected chi connectivity index (χ0v) is 15.2. The summed E-state index contributed by atoms with van der Waals surface area (Å²) in [5.41, 5.74) is 0. The van der Waals surface area contributed by atoms with E-state index in [2.05, 4.69) is 67.8 Å². The van der Waals surface area contributed by atoms with Gasteiger partial charge in [0, 0.05) is 27.4 Å². The fourth-order valence-electron chi connectivity index (χ4n) is 0.851. The van der Waals surface area contributed by atoms with Crippen LogP contribution in [0, 0.1) is 0 Å². The fraction of sp³-hybridized carbons (Fsp3) is 1.00. The third kappa shape index (κ3) is 6.45. The Morgan fingerprint density at radius 1 is 1.00 bits per heavy atom. The molecule has 0 saturated heterocycles. The van der Waals surface area contributed by atoms with Gasteiger partial charge in [0.05, 0.1) is 0 Å². The molecule has 13 heavy (non-hydrogen) atoms. The van der Waals surface area contributed by atoms with E-state index in [0.29, 0.717) is 0 Å². The molecule has 0 N–H and O–H groups in total. The van der Waals surface area contributed by atoms with Gasteiger partial charge in [-0.1, -0.05) is 67.8 Å². The largest absolute Gasteiger partial charge is 0.500 e. The Labute approximate surface area is 121 Å². The van der Waals surface area contributed by atoms with Crippen molar-refractivity contribution < 1.29 is 13.3 Å². The zero-order chi connectivity index (χ0) is 10.5. The minimum Gasteiger partial charge on any atom is -0.377 e. The predicted octanol–water partition coefficient (Wildman–Crippen LogP) is 3.21. The molecule has 7 heteroatoms. The molecular formula is C6H13I3O3Si. The minimum atomic E-state index is -2.34. The Balaban J connectivity index is 4.11. The van der Waals surface area contributed by atoms with Crippen molar-refractivity contribution in [3.8, 4) is 0 Å². The monoisotopic (exact) mass is 542 g/mol. The lowest BCUT2D eigenvalue weighted by molar-refractivity contribution is 0.123. The van der Waals surface area contributed by atoms with Crippen LogP contribution in [0.15, 0.2) is 0 Å². The standard InChI is InChI=1S/C6H13I3O3Si/c1-10-13(11-2,12-3)5-4-6(7,8)9/h4-5H2,1-3H3. The summed E-state index contributed by atoms with van der Waals surface area (Å²) in [6.45, 7) is 0. The molecule has 0 fully saturated rings. The molecule has 0 aliphatic heterocycles. The Morgan fingerprint density at radius 3 is 1.62 bits per heavy atom. The molecule has 0 aromatic carbocycles. The van der Waals surface area contributed by atoms with Crippen molar-refractivity contribution in [3.05, 3.63) is 0 Å². The molecule has 0 amide bonds. The summed E-state index contributed by atoms with van der Waals surface area (Å²) in [6.07, 6.45) is 1.01. The van der Waals surface area contributed by atoms with E-state index in [1.807, 2.05) is 0 Å². The lowest BCUT2D eigenvalue weighted by atomic mass is 10.6. The molecule has 3 nitrogen and oxygen atoms in total. The molecule has 0 radical (unpaired) electrons. The van der Waals surface area contributed by atoms with Crippen molar-refractivity contribution in [1.29, 1.82) is 0 Å². The second-order valence-electron chi connectivity index (χ2n) is 2.41. The first-order valence-electron chi connectivity index (χ1n) is 3.61. The highest BCUT2D eigenvalue weighted by molar-refractivity contribution is 14.3. The van der Waals surface area contributed by atoms with E-state index in [4.69, 9.17) is 13.3 Å². The molecule has 0 aliphatic carbocycles. The average molecular weight is 542 g/mol. The Morgan fingerprint density at radius 2 is 1.38 bits per heavy atom. The first kappa shape index (κ1) is 15.3. The molecule has 0 atom stereocenters. The van der Waals surface area contributed by atoms with E-state index in [1.54, 1.807) is 21.3 Å². The number of halogens is 3. The van der Waals surface area contributed by atoms with Crippen molar-refractivity contribution in [1.82, 2.24) is 0 Å².